The van der Waals surface area contributed by atoms with E-state index in [1.165, 1.54) is 11.3 Å². The molecule has 2 atom stereocenters. The molecule has 1 aromatic carbocycles. The van der Waals surface area contributed by atoms with E-state index in [4.69, 9.17) is 4.98 Å². The third-order valence-electron chi connectivity index (χ3n) is 7.69. The summed E-state index contributed by atoms with van der Waals surface area (Å²) in [6, 6.07) is 6.70. The van der Waals surface area contributed by atoms with E-state index in [0.29, 0.717) is 61.1 Å². The third-order valence-corrected chi connectivity index (χ3v) is 8.75. The summed E-state index contributed by atoms with van der Waals surface area (Å²) in [5.74, 6) is 0.906. The molecule has 3 amide bonds. The second-order valence-corrected chi connectivity index (χ2v) is 12.9. The number of aryl methyl sites for hydroxylation is 3. The topological polar surface area (TPSA) is 138 Å². The van der Waals surface area contributed by atoms with Crippen LogP contribution in [0.3, 0.4) is 0 Å². The molecule has 3 aromatic heterocycles. The summed E-state index contributed by atoms with van der Waals surface area (Å²) < 4.78 is 1.81. The highest BCUT2D eigenvalue weighted by molar-refractivity contribution is 7.13. The van der Waals surface area contributed by atoms with E-state index in [9.17, 15) is 14.4 Å². The standard InChI is InChI=1S/C31H40N8O3S/c1-18(2)15-25-29-34-20(4)37-39(29)14-13-38(31(42)28-19(3)33-21(5)43-28)12-8-11-27(40)35-26(30(41)36-25)16-22-17-32-24-10-7-6-9-23(22)24/h6-7,9-10,17-18,25-26,32H,8,11-16H2,1-5H3,(H,35,40)(H,36,41)/t25-,26+/m0/s1. The van der Waals surface area contributed by atoms with Crippen molar-refractivity contribution in [2.45, 2.75) is 78.9 Å². The second-order valence-electron chi connectivity index (χ2n) is 11.7. The average molecular weight is 605 g/mol. The number of thiazole rings is 1. The van der Waals surface area contributed by atoms with Gasteiger partial charge in [-0.3, -0.25) is 14.4 Å². The number of benzene rings is 1. The minimum absolute atomic E-state index is 0.0989. The monoisotopic (exact) mass is 604 g/mol. The quantitative estimate of drug-likeness (QED) is 0.315. The zero-order valence-electron chi connectivity index (χ0n) is 25.4. The van der Waals surface area contributed by atoms with Crippen molar-refractivity contribution in [1.82, 2.24) is 40.3 Å². The Morgan fingerprint density at radius 3 is 2.58 bits per heavy atom. The van der Waals surface area contributed by atoms with Gasteiger partial charge in [-0.1, -0.05) is 32.0 Å². The summed E-state index contributed by atoms with van der Waals surface area (Å²) in [5, 5.41) is 12.7. The molecule has 43 heavy (non-hydrogen) atoms. The molecule has 228 valence electrons. The van der Waals surface area contributed by atoms with E-state index < -0.39 is 12.1 Å². The predicted molar refractivity (Wildman–Crippen MR) is 166 cm³/mol. The van der Waals surface area contributed by atoms with E-state index >= 15 is 0 Å². The van der Waals surface area contributed by atoms with Gasteiger partial charge in [0.25, 0.3) is 5.91 Å². The molecule has 0 saturated carbocycles. The lowest BCUT2D eigenvalue weighted by Gasteiger charge is -2.27. The molecule has 11 nitrogen and oxygen atoms in total. The zero-order valence-corrected chi connectivity index (χ0v) is 26.3. The second kappa shape index (κ2) is 13.1. The van der Waals surface area contributed by atoms with Gasteiger partial charge in [0.05, 0.1) is 23.3 Å². The number of hydrogen-bond donors (Lipinski definition) is 3. The van der Waals surface area contributed by atoms with E-state index in [1.807, 2.05) is 55.9 Å². The van der Waals surface area contributed by atoms with Crippen LogP contribution in [0.25, 0.3) is 10.9 Å². The fraction of sp³-hybridized carbons (Fsp3) is 0.484. The van der Waals surface area contributed by atoms with Gasteiger partial charge in [-0.05, 0) is 51.2 Å². The Bertz CT molecular complexity index is 1620. The number of nitrogens with zero attached hydrogens (tertiary/aromatic N) is 5. The van der Waals surface area contributed by atoms with E-state index in [-0.39, 0.29) is 30.1 Å². The summed E-state index contributed by atoms with van der Waals surface area (Å²) in [6.45, 7) is 10.9. The first-order valence-electron chi connectivity index (χ1n) is 14.9. The molecule has 5 rings (SSSR count). The molecule has 3 N–H and O–H groups in total. The molecule has 1 aliphatic rings. The third kappa shape index (κ3) is 7.12. The molecule has 0 spiro atoms. The number of aromatic amines is 1. The number of carbonyl (C=O) groups excluding carboxylic acids is 3. The number of fused-ring (bicyclic) bond motifs is 2. The van der Waals surface area contributed by atoms with Crippen molar-refractivity contribution < 1.29 is 14.4 Å². The molecule has 1 aliphatic heterocycles. The summed E-state index contributed by atoms with van der Waals surface area (Å²) in [6.07, 6.45) is 3.50. The highest BCUT2D eigenvalue weighted by atomic mass is 32.1. The molecule has 4 aromatic rings. The fourth-order valence-electron chi connectivity index (χ4n) is 5.70. The number of nitrogens with one attached hydrogen (secondary N) is 3. The fourth-order valence-corrected chi connectivity index (χ4v) is 6.58. The van der Waals surface area contributed by atoms with Crippen molar-refractivity contribution in [2.24, 2.45) is 5.92 Å². The van der Waals surface area contributed by atoms with Gasteiger partial charge in [-0.25, -0.2) is 14.6 Å². The molecule has 0 radical (unpaired) electrons. The van der Waals surface area contributed by atoms with Crippen molar-refractivity contribution in [3.63, 3.8) is 0 Å². The Morgan fingerprint density at radius 2 is 1.84 bits per heavy atom. The minimum atomic E-state index is -0.790. The van der Waals surface area contributed by atoms with Gasteiger partial charge < -0.3 is 20.5 Å². The molecule has 0 unspecified atom stereocenters. The predicted octanol–water partition coefficient (Wildman–Crippen LogP) is 4.01. The van der Waals surface area contributed by atoms with Crippen molar-refractivity contribution in [2.75, 3.05) is 13.1 Å². The van der Waals surface area contributed by atoms with Crippen LogP contribution >= 0.6 is 11.3 Å². The van der Waals surface area contributed by atoms with E-state index in [0.717, 1.165) is 21.5 Å². The highest BCUT2D eigenvalue weighted by Gasteiger charge is 2.30. The summed E-state index contributed by atoms with van der Waals surface area (Å²) in [5.41, 5.74) is 2.63. The number of amides is 3. The zero-order chi connectivity index (χ0) is 30.7. The Balaban J connectivity index is 1.47. The first kappa shape index (κ1) is 30.4. The van der Waals surface area contributed by atoms with Gasteiger partial charge in [0.1, 0.15) is 22.6 Å². The van der Waals surface area contributed by atoms with Crippen molar-refractivity contribution in [1.29, 1.82) is 0 Å². The van der Waals surface area contributed by atoms with E-state index in [1.54, 1.807) is 4.90 Å². The number of hydrogen-bond acceptors (Lipinski definition) is 7. The maximum Gasteiger partial charge on any atom is 0.265 e. The van der Waals surface area contributed by atoms with Crippen LogP contribution < -0.4 is 10.6 Å². The molecular formula is C31H40N8O3S. The maximum atomic E-state index is 13.9. The molecule has 0 saturated heterocycles. The lowest BCUT2D eigenvalue weighted by molar-refractivity contribution is -0.129. The van der Waals surface area contributed by atoms with Crippen molar-refractivity contribution >= 4 is 40.0 Å². The first-order chi connectivity index (χ1) is 20.6. The van der Waals surface area contributed by atoms with Gasteiger partial charge in [0.15, 0.2) is 0 Å². The van der Waals surface area contributed by atoms with Crippen LogP contribution in [0.1, 0.15) is 76.7 Å². The molecular weight excluding hydrogens is 564 g/mol. The maximum absolute atomic E-state index is 13.9. The van der Waals surface area contributed by atoms with Crippen LogP contribution in [-0.2, 0) is 22.6 Å². The first-order valence-corrected chi connectivity index (χ1v) is 15.7. The minimum Gasteiger partial charge on any atom is -0.361 e. The number of H-pyrrole nitrogens is 1. The van der Waals surface area contributed by atoms with Crippen LogP contribution in [-0.4, -0.2) is 66.5 Å². The summed E-state index contributed by atoms with van der Waals surface area (Å²) in [4.78, 5) is 55.6. The van der Waals surface area contributed by atoms with Gasteiger partial charge in [0.2, 0.25) is 11.8 Å². The Hall–Kier alpha value is -4.06. The van der Waals surface area contributed by atoms with Gasteiger partial charge in [-0.15, -0.1) is 11.3 Å². The van der Waals surface area contributed by atoms with Gasteiger partial charge >= 0.3 is 0 Å². The normalized spacial score (nSPS) is 18.8. The molecule has 0 fully saturated rings. The number of para-hydroxylation sites is 1. The molecule has 0 bridgehead atoms. The number of rotatable bonds is 5. The highest BCUT2D eigenvalue weighted by Crippen LogP contribution is 2.24. The lowest BCUT2D eigenvalue weighted by Crippen LogP contribution is -2.49. The van der Waals surface area contributed by atoms with Crippen LogP contribution in [0.5, 0.6) is 0 Å². The Morgan fingerprint density at radius 1 is 1.05 bits per heavy atom. The molecule has 12 heteroatoms. The van der Waals surface area contributed by atoms with Crippen molar-refractivity contribution in [3.8, 4) is 0 Å². The smallest absolute Gasteiger partial charge is 0.265 e. The van der Waals surface area contributed by atoms with Crippen LogP contribution in [0.2, 0.25) is 0 Å². The van der Waals surface area contributed by atoms with Crippen LogP contribution in [0.4, 0.5) is 0 Å². The SMILES string of the molecule is Cc1nc2n(n1)CCN(C(=O)c1sc(C)nc1C)CCCC(=O)N[C@H](Cc1c[nH]c3ccccc13)C(=O)N[C@H]2CC(C)C. The largest absolute Gasteiger partial charge is 0.361 e. The average Bonchev–Trinajstić information content (AvgIpc) is 3.64. The van der Waals surface area contributed by atoms with Gasteiger partial charge in [-0.2, -0.15) is 5.10 Å². The summed E-state index contributed by atoms with van der Waals surface area (Å²) in [7, 11) is 0. The van der Waals surface area contributed by atoms with Gasteiger partial charge in [0, 0.05) is 43.0 Å². The number of carbonyl (C=O) groups is 3. The van der Waals surface area contributed by atoms with Crippen LogP contribution in [0.15, 0.2) is 30.5 Å². The Kier molecular flexibility index (Phi) is 9.24. The van der Waals surface area contributed by atoms with Crippen LogP contribution in [0, 0.1) is 26.7 Å². The molecule has 4 heterocycles. The Labute approximate surface area is 255 Å². The van der Waals surface area contributed by atoms with Crippen molar-refractivity contribution in [3.05, 3.63) is 63.3 Å². The summed E-state index contributed by atoms with van der Waals surface area (Å²) >= 11 is 1.38. The number of aromatic nitrogens is 5. The molecule has 0 aliphatic carbocycles. The lowest BCUT2D eigenvalue weighted by atomic mass is 10.0. The van der Waals surface area contributed by atoms with E-state index in [2.05, 4.69) is 39.5 Å².